The number of carbonyl (C=O) groups excluding carboxylic acids is 1. The van der Waals surface area contributed by atoms with E-state index >= 15 is 0 Å². The number of methoxy groups -OCH3 is 1. The first-order valence-corrected chi connectivity index (χ1v) is 3.60. The zero-order chi connectivity index (χ0) is 8.27. The van der Waals surface area contributed by atoms with Crippen molar-refractivity contribution < 1.29 is 9.53 Å². The highest BCUT2D eigenvalue weighted by Crippen LogP contribution is 2.14. The van der Waals surface area contributed by atoms with Crippen LogP contribution in [0.4, 0.5) is 0 Å². The molecule has 4 heteroatoms. The summed E-state index contributed by atoms with van der Waals surface area (Å²) in [5, 5.41) is 0. The largest absolute Gasteiger partial charge is 0.469 e. The van der Waals surface area contributed by atoms with Crippen LogP contribution in [0.3, 0.4) is 0 Å². The van der Waals surface area contributed by atoms with Crippen molar-refractivity contribution in [1.82, 2.24) is 0 Å². The van der Waals surface area contributed by atoms with E-state index in [-0.39, 0.29) is 11.9 Å². The van der Waals surface area contributed by atoms with E-state index in [4.69, 9.17) is 5.73 Å². The minimum atomic E-state index is -0.178. The maximum Gasteiger partial charge on any atom is 0.309 e. The van der Waals surface area contributed by atoms with Crippen LogP contribution in [-0.2, 0) is 9.53 Å². The van der Waals surface area contributed by atoms with Crippen LogP contribution >= 0.6 is 0 Å². The Morgan fingerprint density at radius 3 is 3.09 bits per heavy atom. The van der Waals surface area contributed by atoms with Crippen molar-refractivity contribution >= 4 is 11.8 Å². The third-order valence-electron chi connectivity index (χ3n) is 1.78. The molecule has 0 fully saturated rings. The lowest BCUT2D eigenvalue weighted by Crippen LogP contribution is -2.28. The molecule has 0 unspecified atom stereocenters. The lowest BCUT2D eigenvalue weighted by molar-refractivity contribution is -0.145. The van der Waals surface area contributed by atoms with E-state index in [0.29, 0.717) is 18.8 Å². The zero-order valence-electron chi connectivity index (χ0n) is 6.54. The van der Waals surface area contributed by atoms with Crippen molar-refractivity contribution in [2.45, 2.75) is 12.8 Å². The lowest BCUT2D eigenvalue weighted by atomic mass is 9.99. The summed E-state index contributed by atoms with van der Waals surface area (Å²) < 4.78 is 4.59. The van der Waals surface area contributed by atoms with Crippen molar-refractivity contribution in [1.29, 1.82) is 0 Å². The smallest absolute Gasteiger partial charge is 0.309 e. The molecular weight excluding hydrogens is 144 g/mol. The van der Waals surface area contributed by atoms with Crippen LogP contribution in [0.1, 0.15) is 12.8 Å². The second-order valence-electron chi connectivity index (χ2n) is 2.59. The fourth-order valence-electron chi connectivity index (χ4n) is 1.15. The van der Waals surface area contributed by atoms with Crippen molar-refractivity contribution in [2.24, 2.45) is 16.6 Å². The summed E-state index contributed by atoms with van der Waals surface area (Å²) in [6.07, 6.45) is 1.31. The lowest BCUT2D eigenvalue weighted by Gasteiger charge is -2.16. The molecule has 1 aliphatic heterocycles. The summed E-state index contributed by atoms with van der Waals surface area (Å²) >= 11 is 0. The Morgan fingerprint density at radius 2 is 2.55 bits per heavy atom. The number of hydrogen-bond donors (Lipinski definition) is 1. The molecule has 0 bridgehead atoms. The average molecular weight is 156 g/mol. The molecular formula is C7H12N2O2. The molecule has 0 spiro atoms. The third kappa shape index (κ3) is 1.93. The first-order valence-electron chi connectivity index (χ1n) is 3.60. The van der Waals surface area contributed by atoms with Gasteiger partial charge in [0.2, 0.25) is 0 Å². The molecule has 1 aliphatic rings. The van der Waals surface area contributed by atoms with E-state index in [2.05, 4.69) is 9.73 Å². The van der Waals surface area contributed by atoms with Crippen molar-refractivity contribution in [3.8, 4) is 0 Å². The molecule has 0 radical (unpaired) electrons. The summed E-state index contributed by atoms with van der Waals surface area (Å²) in [7, 11) is 1.39. The van der Waals surface area contributed by atoms with E-state index in [9.17, 15) is 4.79 Å². The molecule has 0 saturated carbocycles. The van der Waals surface area contributed by atoms with Crippen LogP contribution in [0.2, 0.25) is 0 Å². The van der Waals surface area contributed by atoms with E-state index in [1.54, 1.807) is 0 Å². The van der Waals surface area contributed by atoms with Crippen LogP contribution in [-0.4, -0.2) is 25.5 Å². The summed E-state index contributed by atoms with van der Waals surface area (Å²) in [5.41, 5.74) is 5.46. The summed E-state index contributed by atoms with van der Waals surface area (Å²) in [6.45, 7) is 0.644. The van der Waals surface area contributed by atoms with Gasteiger partial charge >= 0.3 is 5.97 Å². The van der Waals surface area contributed by atoms with Gasteiger partial charge in [-0.25, -0.2) is 0 Å². The minimum Gasteiger partial charge on any atom is -0.469 e. The maximum absolute atomic E-state index is 11.0. The second-order valence-corrected chi connectivity index (χ2v) is 2.59. The first kappa shape index (κ1) is 8.04. The number of nitrogens with two attached hydrogens (primary N) is 1. The Hall–Kier alpha value is -1.06. The van der Waals surface area contributed by atoms with Crippen LogP contribution in [0.25, 0.3) is 0 Å². The Labute approximate surface area is 65.4 Å². The first-order chi connectivity index (χ1) is 5.24. The van der Waals surface area contributed by atoms with Gasteiger partial charge in [-0.15, -0.1) is 0 Å². The molecule has 2 N–H and O–H groups in total. The fraction of sp³-hybridized carbons (Fsp3) is 0.714. The van der Waals surface area contributed by atoms with Gasteiger partial charge < -0.3 is 10.5 Å². The normalized spacial score (nSPS) is 24.1. The molecule has 4 nitrogen and oxygen atoms in total. The van der Waals surface area contributed by atoms with E-state index in [1.165, 1.54) is 7.11 Å². The molecule has 0 saturated heterocycles. The minimum absolute atomic E-state index is 0.0718. The number of ether oxygens (including phenoxy) is 1. The summed E-state index contributed by atoms with van der Waals surface area (Å²) in [5.74, 6) is 0.312. The zero-order valence-corrected chi connectivity index (χ0v) is 6.54. The SMILES string of the molecule is COC(=O)[C@@H]1CCN=C(N)C1. The number of hydrogen-bond acceptors (Lipinski definition) is 4. The van der Waals surface area contributed by atoms with Crippen molar-refractivity contribution in [3.05, 3.63) is 0 Å². The quantitative estimate of drug-likeness (QED) is 0.540. The highest BCUT2D eigenvalue weighted by molar-refractivity contribution is 5.86. The predicted octanol–water partition coefficient (Wildman–Crippen LogP) is -0.0734. The number of amidine groups is 1. The standard InChI is InChI=1S/C7H12N2O2/c1-11-7(10)5-2-3-9-6(8)4-5/h5H,2-4H2,1H3,(H2,8,9)/t5-/m1/s1. The van der Waals surface area contributed by atoms with Gasteiger partial charge in [0.15, 0.2) is 0 Å². The predicted molar refractivity (Wildman–Crippen MR) is 41.2 cm³/mol. The Bertz CT molecular complexity index is 189. The highest BCUT2D eigenvalue weighted by Gasteiger charge is 2.22. The van der Waals surface area contributed by atoms with Gasteiger partial charge in [-0.05, 0) is 6.42 Å². The van der Waals surface area contributed by atoms with Gasteiger partial charge in [0, 0.05) is 13.0 Å². The molecule has 1 heterocycles. The van der Waals surface area contributed by atoms with Crippen LogP contribution in [0.5, 0.6) is 0 Å². The van der Waals surface area contributed by atoms with Gasteiger partial charge in [-0.2, -0.15) is 0 Å². The summed E-state index contributed by atoms with van der Waals surface area (Å²) in [4.78, 5) is 15.0. The molecule has 0 amide bonds. The van der Waals surface area contributed by atoms with E-state index in [0.717, 1.165) is 6.42 Å². The van der Waals surface area contributed by atoms with Gasteiger partial charge in [-0.3, -0.25) is 9.79 Å². The van der Waals surface area contributed by atoms with Crippen LogP contribution in [0, 0.1) is 5.92 Å². The van der Waals surface area contributed by atoms with E-state index < -0.39 is 0 Å². The number of carbonyl (C=O) groups is 1. The Kier molecular flexibility index (Phi) is 2.46. The van der Waals surface area contributed by atoms with Gasteiger partial charge in [0.25, 0.3) is 0 Å². The van der Waals surface area contributed by atoms with Gasteiger partial charge in [0.05, 0.1) is 18.9 Å². The Morgan fingerprint density at radius 1 is 1.82 bits per heavy atom. The summed E-state index contributed by atoms with van der Waals surface area (Å²) in [6, 6.07) is 0. The number of rotatable bonds is 1. The monoisotopic (exact) mass is 156 g/mol. The number of aliphatic imine (C=N–C) groups is 1. The topological polar surface area (TPSA) is 64.7 Å². The Balaban J connectivity index is 2.50. The van der Waals surface area contributed by atoms with Gasteiger partial charge in [-0.1, -0.05) is 0 Å². The fourth-order valence-corrected chi connectivity index (χ4v) is 1.15. The van der Waals surface area contributed by atoms with Gasteiger partial charge in [0.1, 0.15) is 0 Å². The second kappa shape index (κ2) is 3.37. The highest BCUT2D eigenvalue weighted by atomic mass is 16.5. The molecule has 0 aromatic heterocycles. The molecule has 11 heavy (non-hydrogen) atoms. The van der Waals surface area contributed by atoms with Crippen molar-refractivity contribution in [3.63, 3.8) is 0 Å². The molecule has 1 atom stereocenters. The molecule has 0 aromatic carbocycles. The third-order valence-corrected chi connectivity index (χ3v) is 1.78. The van der Waals surface area contributed by atoms with E-state index in [1.807, 2.05) is 0 Å². The van der Waals surface area contributed by atoms with Crippen LogP contribution in [0.15, 0.2) is 4.99 Å². The average Bonchev–Trinajstić information content (AvgIpc) is 2.03. The van der Waals surface area contributed by atoms with Crippen molar-refractivity contribution in [2.75, 3.05) is 13.7 Å². The molecule has 62 valence electrons. The van der Waals surface area contributed by atoms with Crippen LogP contribution < -0.4 is 5.73 Å². The number of esters is 1. The number of nitrogens with zero attached hydrogens (tertiary/aromatic N) is 1. The molecule has 0 aromatic rings. The molecule has 0 aliphatic carbocycles. The molecule has 1 rings (SSSR count). The maximum atomic E-state index is 11.0.